The van der Waals surface area contributed by atoms with Crippen LogP contribution < -0.4 is 5.73 Å². The van der Waals surface area contributed by atoms with Crippen LogP contribution in [0.4, 0.5) is 13.2 Å². The minimum Gasteiger partial charge on any atom is -0.337 e. The second-order valence-electron chi connectivity index (χ2n) is 7.33. The first kappa shape index (κ1) is 25.9. The van der Waals surface area contributed by atoms with E-state index in [0.717, 1.165) is 4.31 Å². The van der Waals surface area contributed by atoms with Gasteiger partial charge < -0.3 is 10.3 Å². The van der Waals surface area contributed by atoms with Gasteiger partial charge in [0, 0.05) is 48.4 Å². The van der Waals surface area contributed by atoms with Gasteiger partial charge in [0.15, 0.2) is 0 Å². The maximum absolute atomic E-state index is 14.3. The molecule has 0 unspecified atom stereocenters. The van der Waals surface area contributed by atoms with Crippen molar-refractivity contribution in [1.29, 1.82) is 0 Å². The van der Waals surface area contributed by atoms with E-state index in [-0.39, 0.29) is 36.0 Å². The molecule has 1 heterocycles. The van der Waals surface area contributed by atoms with E-state index in [4.69, 9.17) is 5.73 Å². The molecule has 32 heavy (non-hydrogen) atoms. The Morgan fingerprint density at radius 1 is 1.19 bits per heavy atom. The number of rotatable bonds is 7. The minimum absolute atomic E-state index is 0. The van der Waals surface area contributed by atoms with Crippen molar-refractivity contribution in [3.8, 4) is 11.1 Å². The molecule has 0 radical (unpaired) electrons. The van der Waals surface area contributed by atoms with E-state index in [2.05, 4.69) is 0 Å². The molecule has 0 fully saturated rings. The number of alkyl halides is 2. The monoisotopic (exact) mass is 487 g/mol. The molecule has 0 aliphatic carbocycles. The summed E-state index contributed by atoms with van der Waals surface area (Å²) in [7, 11) is -0.829. The number of allylic oxidation sites excluding steroid dienone is 1. The number of hydrogen-bond acceptors (Lipinski definition) is 3. The van der Waals surface area contributed by atoms with Crippen LogP contribution in [0.15, 0.2) is 59.3 Å². The van der Waals surface area contributed by atoms with Crippen molar-refractivity contribution in [1.82, 2.24) is 8.87 Å². The number of hydrogen-bond donors (Lipinski definition) is 1. The Balaban J connectivity index is 0.00000363. The first-order valence-electron chi connectivity index (χ1n) is 9.56. The molecule has 0 atom stereocenters. The Morgan fingerprint density at radius 2 is 1.88 bits per heavy atom. The molecule has 3 aromatic rings. The van der Waals surface area contributed by atoms with Gasteiger partial charge in [-0.2, -0.15) is 0 Å². The summed E-state index contributed by atoms with van der Waals surface area (Å²) in [5.41, 5.74) is 7.54. The molecule has 2 N–H and O–H groups in total. The van der Waals surface area contributed by atoms with Gasteiger partial charge in [0.05, 0.1) is 11.4 Å². The van der Waals surface area contributed by atoms with Gasteiger partial charge in [-0.3, -0.25) is 0 Å². The summed E-state index contributed by atoms with van der Waals surface area (Å²) < 4.78 is 69.0. The van der Waals surface area contributed by atoms with Crippen molar-refractivity contribution in [3.63, 3.8) is 0 Å². The topological polar surface area (TPSA) is 68.3 Å². The van der Waals surface area contributed by atoms with E-state index in [1.54, 1.807) is 23.6 Å². The number of benzene rings is 2. The Labute approximate surface area is 191 Å². The molecule has 1 aromatic heterocycles. The summed E-state index contributed by atoms with van der Waals surface area (Å²) in [6.07, 6.45) is -1.42. The zero-order valence-corrected chi connectivity index (χ0v) is 19.5. The molecule has 0 aliphatic rings. The van der Waals surface area contributed by atoms with Gasteiger partial charge in [0.1, 0.15) is 5.83 Å². The van der Waals surface area contributed by atoms with E-state index >= 15 is 0 Å². The summed E-state index contributed by atoms with van der Waals surface area (Å²) in [4.78, 5) is 0.0783. The summed E-state index contributed by atoms with van der Waals surface area (Å²) in [6, 6.07) is 10.5. The van der Waals surface area contributed by atoms with Gasteiger partial charge in [-0.15, -0.1) is 12.4 Å². The molecule has 2 aromatic carbocycles. The minimum atomic E-state index is -3.69. The highest BCUT2D eigenvalue weighted by molar-refractivity contribution is 7.89. The highest BCUT2D eigenvalue weighted by Gasteiger charge is 2.22. The van der Waals surface area contributed by atoms with Crippen molar-refractivity contribution >= 4 is 33.3 Å². The zero-order chi connectivity index (χ0) is 22.9. The van der Waals surface area contributed by atoms with E-state index in [9.17, 15) is 21.6 Å². The molecule has 0 spiro atoms. The molecular formula is C22H25ClF3N3O2S. The van der Waals surface area contributed by atoms with Crippen LogP contribution in [0.3, 0.4) is 0 Å². The zero-order valence-electron chi connectivity index (χ0n) is 17.8. The van der Waals surface area contributed by atoms with Gasteiger partial charge in [-0.1, -0.05) is 18.2 Å². The maximum Gasteiger partial charge on any atom is 0.263 e. The number of fused-ring (bicyclic) bond motifs is 1. The molecule has 0 saturated heterocycles. The van der Waals surface area contributed by atoms with Crippen LogP contribution in [0.25, 0.3) is 22.0 Å². The predicted octanol–water partition coefficient (Wildman–Crippen LogP) is 5.04. The van der Waals surface area contributed by atoms with Crippen LogP contribution in [0.5, 0.6) is 0 Å². The van der Waals surface area contributed by atoms with Crippen LogP contribution in [0, 0.1) is 6.92 Å². The maximum atomic E-state index is 14.3. The summed E-state index contributed by atoms with van der Waals surface area (Å²) >= 11 is 0. The van der Waals surface area contributed by atoms with Crippen LogP contribution in [0.2, 0.25) is 0 Å². The van der Waals surface area contributed by atoms with Crippen molar-refractivity contribution in [2.45, 2.75) is 24.8 Å². The Hall–Kier alpha value is -2.33. The highest BCUT2D eigenvalue weighted by Crippen LogP contribution is 2.38. The predicted molar refractivity (Wildman–Crippen MR) is 123 cm³/mol. The lowest BCUT2D eigenvalue weighted by molar-refractivity contribution is 0.151. The van der Waals surface area contributed by atoms with E-state index < -0.39 is 22.3 Å². The lowest BCUT2D eigenvalue weighted by Gasteiger charge is -2.13. The molecule has 0 bridgehead atoms. The van der Waals surface area contributed by atoms with E-state index in [0.29, 0.717) is 27.7 Å². The molecule has 0 aliphatic heterocycles. The lowest BCUT2D eigenvalue weighted by Crippen LogP contribution is -2.22. The SMILES string of the molecule is Cc1c(-c2cccc(S(=O)(=O)N(C)C)c2)c2cc(C(F)F)ccc2n1CC(F)=CCN.Cl. The van der Waals surface area contributed by atoms with Crippen molar-refractivity contribution in [2.24, 2.45) is 5.73 Å². The normalized spacial score (nSPS) is 12.6. The number of halogens is 4. The smallest absolute Gasteiger partial charge is 0.263 e. The number of nitrogens with two attached hydrogens (primary N) is 1. The third-order valence-electron chi connectivity index (χ3n) is 5.15. The second kappa shape index (κ2) is 10.1. The fraction of sp³-hybridized carbons (Fsp3) is 0.273. The van der Waals surface area contributed by atoms with Gasteiger partial charge in [0.2, 0.25) is 10.0 Å². The second-order valence-corrected chi connectivity index (χ2v) is 9.48. The standard InChI is InChI=1S/C22H24F3N3O2S.ClH/c1-14-21(15-5-4-6-18(11-15)31(29,30)27(2)3)19-12-16(22(24)25)7-8-20(19)28(14)13-17(23)9-10-26;/h4-9,11-12,22H,10,13,26H2,1-3H3;1H. The Kier molecular flexibility index (Phi) is 8.17. The van der Waals surface area contributed by atoms with E-state index in [1.807, 2.05) is 0 Å². The Bertz CT molecular complexity index is 1250. The van der Waals surface area contributed by atoms with Crippen LogP contribution in [-0.4, -0.2) is 37.9 Å². The van der Waals surface area contributed by atoms with Crippen molar-refractivity contribution in [3.05, 3.63) is 65.6 Å². The van der Waals surface area contributed by atoms with Gasteiger partial charge in [-0.25, -0.2) is 25.9 Å². The number of nitrogens with zero attached hydrogens (tertiary/aromatic N) is 2. The average molecular weight is 488 g/mol. The lowest BCUT2D eigenvalue weighted by atomic mass is 10.0. The average Bonchev–Trinajstić information content (AvgIpc) is 2.99. The van der Waals surface area contributed by atoms with Gasteiger partial charge in [-0.05, 0) is 42.8 Å². The van der Waals surface area contributed by atoms with Crippen LogP contribution >= 0.6 is 12.4 Å². The van der Waals surface area contributed by atoms with Gasteiger partial charge in [0.25, 0.3) is 6.43 Å². The summed E-state index contributed by atoms with van der Waals surface area (Å²) in [5.74, 6) is -0.448. The molecule has 5 nitrogen and oxygen atoms in total. The summed E-state index contributed by atoms with van der Waals surface area (Å²) in [5, 5.41) is 0.496. The fourth-order valence-corrected chi connectivity index (χ4v) is 4.52. The molecule has 10 heteroatoms. The van der Waals surface area contributed by atoms with Crippen molar-refractivity contribution < 1.29 is 21.6 Å². The molecule has 0 saturated carbocycles. The fourth-order valence-electron chi connectivity index (χ4n) is 3.57. The van der Waals surface area contributed by atoms with Crippen LogP contribution in [0.1, 0.15) is 17.7 Å². The molecular weight excluding hydrogens is 463 g/mol. The highest BCUT2D eigenvalue weighted by atomic mass is 35.5. The molecule has 174 valence electrons. The Morgan fingerprint density at radius 3 is 2.47 bits per heavy atom. The third kappa shape index (κ3) is 4.85. The quantitative estimate of drug-likeness (QED) is 0.507. The van der Waals surface area contributed by atoms with E-state index in [1.165, 1.54) is 50.5 Å². The largest absolute Gasteiger partial charge is 0.337 e. The van der Waals surface area contributed by atoms with Crippen LogP contribution in [-0.2, 0) is 16.6 Å². The molecule has 3 rings (SSSR count). The van der Waals surface area contributed by atoms with Crippen molar-refractivity contribution in [2.75, 3.05) is 20.6 Å². The number of sulfonamides is 1. The van der Waals surface area contributed by atoms with Gasteiger partial charge >= 0.3 is 0 Å². The number of aromatic nitrogens is 1. The first-order chi connectivity index (χ1) is 14.6. The molecule has 0 amide bonds. The summed E-state index contributed by atoms with van der Waals surface area (Å²) in [6.45, 7) is 1.68. The first-order valence-corrected chi connectivity index (χ1v) is 11.0. The third-order valence-corrected chi connectivity index (χ3v) is 6.96.